The molecule has 3 N–H and O–H groups in total. The Hall–Kier alpha value is -1.66. The summed E-state index contributed by atoms with van der Waals surface area (Å²) in [7, 11) is 0. The van der Waals surface area contributed by atoms with Crippen molar-refractivity contribution < 1.29 is 18.7 Å². The molecule has 6 heteroatoms. The molecular formula is C15H19FN2O3. The molecule has 114 valence electrons. The van der Waals surface area contributed by atoms with E-state index < -0.39 is 11.7 Å². The van der Waals surface area contributed by atoms with Gasteiger partial charge in [0.1, 0.15) is 5.82 Å². The first-order valence-electron chi connectivity index (χ1n) is 7.22. The monoisotopic (exact) mass is 294 g/mol. The zero-order valence-corrected chi connectivity index (χ0v) is 11.7. The Morgan fingerprint density at radius 3 is 2.57 bits per heavy atom. The maximum absolute atomic E-state index is 13.8. The van der Waals surface area contributed by atoms with E-state index >= 15 is 0 Å². The zero-order chi connectivity index (χ0) is 14.9. The van der Waals surface area contributed by atoms with Gasteiger partial charge >= 0.3 is 0 Å². The molecule has 1 saturated carbocycles. The molecule has 2 aliphatic rings. The van der Waals surface area contributed by atoms with Gasteiger partial charge in [0.05, 0.1) is 18.9 Å². The van der Waals surface area contributed by atoms with Crippen LogP contribution in [0.2, 0.25) is 0 Å². The van der Waals surface area contributed by atoms with Crippen LogP contribution in [0, 0.1) is 5.82 Å². The molecule has 1 amide bonds. The van der Waals surface area contributed by atoms with Gasteiger partial charge in [-0.25, -0.2) is 4.39 Å². The van der Waals surface area contributed by atoms with Gasteiger partial charge in [-0.3, -0.25) is 4.79 Å². The lowest BCUT2D eigenvalue weighted by atomic mass is 9.90. The highest BCUT2D eigenvalue weighted by atomic mass is 19.1. The topological polar surface area (TPSA) is 73.6 Å². The number of ether oxygens (including phenoxy) is 2. The Balaban J connectivity index is 1.65. The van der Waals surface area contributed by atoms with E-state index in [9.17, 15) is 9.18 Å². The van der Waals surface area contributed by atoms with Crippen LogP contribution in [0.4, 0.5) is 10.1 Å². The first-order valence-corrected chi connectivity index (χ1v) is 7.22. The van der Waals surface area contributed by atoms with Crippen LogP contribution in [0.1, 0.15) is 36.0 Å². The van der Waals surface area contributed by atoms with Crippen LogP contribution in [0.5, 0.6) is 0 Å². The Bertz CT molecular complexity index is 534. The minimum absolute atomic E-state index is 0.140. The second kappa shape index (κ2) is 5.61. The summed E-state index contributed by atoms with van der Waals surface area (Å²) in [6.45, 7) is 1.29. The fraction of sp³-hybridized carbons (Fsp3) is 0.533. The Kier molecular flexibility index (Phi) is 3.82. The number of carbonyl (C=O) groups is 1. The number of rotatable bonds is 3. The van der Waals surface area contributed by atoms with E-state index in [1.807, 2.05) is 0 Å². The van der Waals surface area contributed by atoms with Gasteiger partial charge in [-0.1, -0.05) is 0 Å². The Morgan fingerprint density at radius 1 is 1.29 bits per heavy atom. The predicted molar refractivity (Wildman–Crippen MR) is 75.4 cm³/mol. The van der Waals surface area contributed by atoms with Crippen LogP contribution in [0.25, 0.3) is 0 Å². The van der Waals surface area contributed by atoms with Crippen molar-refractivity contribution in [3.8, 4) is 0 Å². The average molecular weight is 294 g/mol. The molecule has 1 aliphatic carbocycles. The van der Waals surface area contributed by atoms with Crippen LogP contribution in [-0.2, 0) is 9.47 Å². The summed E-state index contributed by atoms with van der Waals surface area (Å²) in [6, 6.07) is 4.25. The second-order valence-corrected chi connectivity index (χ2v) is 5.59. The highest BCUT2D eigenvalue weighted by Gasteiger charge is 2.40. The third-order valence-corrected chi connectivity index (χ3v) is 4.17. The van der Waals surface area contributed by atoms with Crippen molar-refractivity contribution in [1.82, 2.24) is 0 Å². The van der Waals surface area contributed by atoms with E-state index in [4.69, 9.17) is 15.2 Å². The number of nitrogens with two attached hydrogens (primary N) is 1. The minimum Gasteiger partial charge on any atom is -0.380 e. The number of carbonyl (C=O) groups excluding carboxylic acids is 1. The molecular weight excluding hydrogens is 275 g/mol. The summed E-state index contributed by atoms with van der Waals surface area (Å²) in [6.07, 6.45) is 3.25. The van der Waals surface area contributed by atoms with Gasteiger partial charge < -0.3 is 20.5 Å². The van der Waals surface area contributed by atoms with Crippen LogP contribution in [0.15, 0.2) is 18.2 Å². The lowest BCUT2D eigenvalue weighted by molar-refractivity contribution is -0.177. The maximum Gasteiger partial charge on any atom is 0.248 e. The summed E-state index contributed by atoms with van der Waals surface area (Å²) in [4.78, 5) is 11.2. The average Bonchev–Trinajstić information content (AvgIpc) is 2.92. The van der Waals surface area contributed by atoms with Crippen molar-refractivity contribution in [3.05, 3.63) is 29.6 Å². The highest BCUT2D eigenvalue weighted by Crippen LogP contribution is 2.36. The highest BCUT2D eigenvalue weighted by molar-refractivity contribution is 5.93. The molecule has 1 spiro atoms. The lowest BCUT2D eigenvalue weighted by Crippen LogP contribution is -2.39. The summed E-state index contributed by atoms with van der Waals surface area (Å²) in [5, 5.41) is 3.16. The number of anilines is 1. The quantitative estimate of drug-likeness (QED) is 0.894. The third kappa shape index (κ3) is 3.01. The van der Waals surface area contributed by atoms with Crippen LogP contribution < -0.4 is 11.1 Å². The van der Waals surface area contributed by atoms with Gasteiger partial charge in [-0.2, -0.15) is 0 Å². The molecule has 0 unspecified atom stereocenters. The smallest absolute Gasteiger partial charge is 0.248 e. The number of amides is 1. The van der Waals surface area contributed by atoms with Gasteiger partial charge in [0, 0.05) is 24.4 Å². The Morgan fingerprint density at radius 2 is 1.95 bits per heavy atom. The lowest BCUT2D eigenvalue weighted by Gasteiger charge is -2.36. The molecule has 1 aromatic rings. The minimum atomic E-state index is -0.562. The fourth-order valence-corrected chi connectivity index (χ4v) is 3.00. The summed E-state index contributed by atoms with van der Waals surface area (Å²) in [5.74, 6) is -1.37. The molecule has 0 atom stereocenters. The first-order chi connectivity index (χ1) is 10.1. The number of nitrogens with one attached hydrogen (secondary N) is 1. The summed E-state index contributed by atoms with van der Waals surface area (Å²) >= 11 is 0. The van der Waals surface area contributed by atoms with Crippen LogP contribution in [-0.4, -0.2) is 30.9 Å². The van der Waals surface area contributed by atoms with Gasteiger partial charge in [-0.05, 0) is 31.0 Å². The summed E-state index contributed by atoms with van der Waals surface area (Å²) in [5.41, 5.74) is 5.84. The normalized spacial score (nSPS) is 21.6. The maximum atomic E-state index is 13.8. The van der Waals surface area contributed by atoms with Gasteiger partial charge in [0.25, 0.3) is 0 Å². The largest absolute Gasteiger partial charge is 0.380 e. The number of halogens is 1. The van der Waals surface area contributed by atoms with E-state index in [1.165, 1.54) is 18.2 Å². The van der Waals surface area contributed by atoms with Gasteiger partial charge in [0.15, 0.2) is 5.79 Å². The fourth-order valence-electron chi connectivity index (χ4n) is 3.00. The van der Waals surface area contributed by atoms with E-state index in [2.05, 4.69) is 5.32 Å². The molecule has 1 aliphatic heterocycles. The zero-order valence-electron chi connectivity index (χ0n) is 11.7. The van der Waals surface area contributed by atoms with Crippen molar-refractivity contribution in [1.29, 1.82) is 0 Å². The van der Waals surface area contributed by atoms with Crippen LogP contribution in [0.3, 0.4) is 0 Å². The van der Waals surface area contributed by atoms with E-state index in [0.29, 0.717) is 24.5 Å². The standard InChI is InChI=1S/C15H19FN2O3/c16-12-2-1-10(14(17)19)9-13(12)18-11-3-5-15(6-4-11)20-7-8-21-15/h1-2,9,11,18H,3-8H2,(H2,17,19). The van der Waals surface area contributed by atoms with Crippen molar-refractivity contribution in [2.45, 2.75) is 37.5 Å². The molecule has 5 nitrogen and oxygen atoms in total. The molecule has 0 aromatic heterocycles. The van der Waals surface area contributed by atoms with Gasteiger partial charge in [0.2, 0.25) is 5.91 Å². The molecule has 1 heterocycles. The predicted octanol–water partition coefficient (Wildman–Crippen LogP) is 2.02. The first kappa shape index (κ1) is 14.3. The van der Waals surface area contributed by atoms with Crippen molar-refractivity contribution in [3.63, 3.8) is 0 Å². The molecule has 2 fully saturated rings. The van der Waals surface area contributed by atoms with E-state index in [-0.39, 0.29) is 11.9 Å². The SMILES string of the molecule is NC(=O)c1ccc(F)c(NC2CCC3(CC2)OCCO3)c1. The molecule has 3 rings (SSSR count). The molecule has 0 radical (unpaired) electrons. The number of benzene rings is 1. The van der Waals surface area contributed by atoms with E-state index in [0.717, 1.165) is 25.7 Å². The van der Waals surface area contributed by atoms with Crippen molar-refractivity contribution in [2.75, 3.05) is 18.5 Å². The number of hydrogen-bond donors (Lipinski definition) is 2. The number of hydrogen-bond acceptors (Lipinski definition) is 4. The summed E-state index contributed by atoms with van der Waals surface area (Å²) < 4.78 is 25.2. The third-order valence-electron chi connectivity index (χ3n) is 4.17. The molecule has 1 aromatic carbocycles. The Labute approximate surface area is 122 Å². The number of primary amides is 1. The van der Waals surface area contributed by atoms with Crippen LogP contribution >= 0.6 is 0 Å². The van der Waals surface area contributed by atoms with Gasteiger partial charge in [-0.15, -0.1) is 0 Å². The van der Waals surface area contributed by atoms with Crippen molar-refractivity contribution in [2.24, 2.45) is 5.73 Å². The molecule has 21 heavy (non-hydrogen) atoms. The molecule has 0 bridgehead atoms. The molecule has 1 saturated heterocycles. The van der Waals surface area contributed by atoms with E-state index in [1.54, 1.807) is 0 Å². The van der Waals surface area contributed by atoms with Crippen molar-refractivity contribution >= 4 is 11.6 Å². The second-order valence-electron chi connectivity index (χ2n) is 5.59.